The molecule has 33 heavy (non-hydrogen) atoms. The molecule has 1 heterocycles. The lowest BCUT2D eigenvalue weighted by Crippen LogP contribution is -2.51. The first-order chi connectivity index (χ1) is 16.0. The van der Waals surface area contributed by atoms with Crippen molar-refractivity contribution in [3.63, 3.8) is 0 Å². The Morgan fingerprint density at radius 1 is 1.21 bits per heavy atom. The molecule has 6 nitrogen and oxygen atoms in total. The third-order valence-electron chi connectivity index (χ3n) is 8.03. The van der Waals surface area contributed by atoms with Crippen molar-refractivity contribution in [3.05, 3.63) is 35.4 Å². The lowest BCUT2D eigenvalue weighted by Gasteiger charge is -2.48. The van der Waals surface area contributed by atoms with Gasteiger partial charge in [-0.25, -0.2) is 0 Å². The molecule has 2 saturated carbocycles. The van der Waals surface area contributed by atoms with Gasteiger partial charge in [-0.3, -0.25) is 14.5 Å². The molecular formula is C27H36N4O2. The number of nitriles is 1. The molecule has 1 saturated heterocycles. The average molecular weight is 449 g/mol. The average Bonchev–Trinajstić information content (AvgIpc) is 2.83. The predicted molar refractivity (Wildman–Crippen MR) is 126 cm³/mol. The molecule has 0 spiro atoms. The summed E-state index contributed by atoms with van der Waals surface area (Å²) in [6.07, 6.45) is 9.25. The molecule has 2 aliphatic carbocycles. The minimum atomic E-state index is 0.00960. The number of hydrogen-bond donors (Lipinski definition) is 1. The van der Waals surface area contributed by atoms with Crippen molar-refractivity contribution in [1.29, 1.82) is 5.26 Å². The number of hydrogen-bond acceptors (Lipinski definition) is 4. The van der Waals surface area contributed by atoms with E-state index >= 15 is 0 Å². The van der Waals surface area contributed by atoms with E-state index < -0.39 is 0 Å². The zero-order valence-corrected chi connectivity index (χ0v) is 19.9. The third-order valence-corrected chi connectivity index (χ3v) is 8.03. The van der Waals surface area contributed by atoms with Crippen LogP contribution in [0.3, 0.4) is 0 Å². The summed E-state index contributed by atoms with van der Waals surface area (Å²) in [6, 6.07) is 11.6. The highest BCUT2D eigenvalue weighted by Gasteiger charge is 2.43. The van der Waals surface area contributed by atoms with E-state index in [2.05, 4.69) is 35.3 Å². The minimum Gasteiger partial charge on any atom is -0.347 e. The molecule has 1 aliphatic heterocycles. The summed E-state index contributed by atoms with van der Waals surface area (Å²) in [5.41, 5.74) is 1.66. The van der Waals surface area contributed by atoms with Crippen LogP contribution in [0.15, 0.2) is 12.1 Å². The first kappa shape index (κ1) is 23.6. The van der Waals surface area contributed by atoms with Crippen molar-refractivity contribution in [1.82, 2.24) is 15.1 Å². The maximum Gasteiger partial charge on any atom is 0.242 e. The molecule has 1 N–H and O–H groups in total. The Labute approximate surface area is 198 Å². The highest BCUT2D eigenvalue weighted by Crippen LogP contribution is 2.53. The fraction of sp³-hybridized carbons (Fsp3) is 0.667. The van der Waals surface area contributed by atoms with Crippen LogP contribution in [0.4, 0.5) is 0 Å². The Bertz CT molecular complexity index is 869. The van der Waals surface area contributed by atoms with Crippen LogP contribution in [0.2, 0.25) is 0 Å². The Morgan fingerprint density at radius 2 is 2.03 bits per heavy atom. The van der Waals surface area contributed by atoms with Gasteiger partial charge in [-0.05, 0) is 55.1 Å². The number of carbonyl (C=O) groups is 2. The largest absolute Gasteiger partial charge is 0.347 e. The molecule has 3 unspecified atom stereocenters. The number of rotatable bonds is 7. The molecule has 176 valence electrons. The van der Waals surface area contributed by atoms with Crippen LogP contribution < -0.4 is 5.32 Å². The maximum absolute atomic E-state index is 12.8. The van der Waals surface area contributed by atoms with Gasteiger partial charge < -0.3 is 10.2 Å². The molecule has 1 aromatic rings. The molecule has 2 amide bonds. The van der Waals surface area contributed by atoms with Crippen molar-refractivity contribution in [2.24, 2.45) is 17.3 Å². The van der Waals surface area contributed by atoms with Crippen LogP contribution >= 0.6 is 0 Å². The van der Waals surface area contributed by atoms with Gasteiger partial charge in [-0.1, -0.05) is 38.3 Å². The van der Waals surface area contributed by atoms with Crippen LogP contribution in [0.1, 0.15) is 69.4 Å². The molecule has 3 atom stereocenters. The minimum absolute atomic E-state index is 0.00960. The molecular weight excluding hydrogens is 412 g/mol. The number of fused-ring (bicyclic) bond motifs is 2. The predicted octanol–water partition coefficient (Wildman–Crippen LogP) is 3.31. The molecule has 3 aliphatic rings. The van der Waals surface area contributed by atoms with E-state index in [1.807, 2.05) is 11.0 Å². The topological polar surface area (TPSA) is 76.4 Å². The molecule has 3 fully saturated rings. The van der Waals surface area contributed by atoms with Gasteiger partial charge in [-0.15, -0.1) is 0 Å². The van der Waals surface area contributed by atoms with Crippen molar-refractivity contribution >= 4 is 11.8 Å². The van der Waals surface area contributed by atoms with Gasteiger partial charge in [0, 0.05) is 44.7 Å². The monoisotopic (exact) mass is 448 g/mol. The second-order valence-electron chi connectivity index (χ2n) is 10.4. The van der Waals surface area contributed by atoms with Gasteiger partial charge in [0.1, 0.15) is 11.6 Å². The second-order valence-corrected chi connectivity index (χ2v) is 10.4. The van der Waals surface area contributed by atoms with E-state index in [0.717, 1.165) is 43.5 Å². The van der Waals surface area contributed by atoms with Gasteiger partial charge in [-0.2, -0.15) is 5.26 Å². The normalized spacial score (nSPS) is 27.3. The second kappa shape index (κ2) is 10.6. The number of amides is 2. The van der Waals surface area contributed by atoms with E-state index in [4.69, 9.17) is 5.26 Å². The van der Waals surface area contributed by atoms with Gasteiger partial charge in [0.25, 0.3) is 0 Å². The van der Waals surface area contributed by atoms with Crippen molar-refractivity contribution in [3.8, 4) is 6.07 Å². The number of nitrogens with one attached hydrogen (secondary N) is 1. The van der Waals surface area contributed by atoms with E-state index in [-0.39, 0.29) is 23.8 Å². The van der Waals surface area contributed by atoms with E-state index in [1.165, 1.54) is 38.5 Å². The lowest BCUT2D eigenvalue weighted by molar-refractivity contribution is -0.135. The first-order valence-electron chi connectivity index (χ1n) is 12.6. The quantitative estimate of drug-likeness (QED) is 0.694. The van der Waals surface area contributed by atoms with Gasteiger partial charge >= 0.3 is 0 Å². The fourth-order valence-corrected chi connectivity index (χ4v) is 6.34. The van der Waals surface area contributed by atoms with Crippen molar-refractivity contribution < 1.29 is 9.59 Å². The molecule has 1 aromatic carbocycles. The zero-order valence-electron chi connectivity index (χ0n) is 19.9. The van der Waals surface area contributed by atoms with Crippen molar-refractivity contribution in [2.45, 2.75) is 64.8 Å². The van der Waals surface area contributed by atoms with Crippen LogP contribution in [-0.2, 0) is 16.1 Å². The third kappa shape index (κ3) is 6.06. The standard InChI is InChI=1S/C27H36N4O2/c1-2-21-14-24-4-3-9-27(15-21,16-24)17-25(32)29-19-26(33)31-12-10-30(11-13-31)20-23-7-5-22(18-28)6-8-23/h5,7,21,24H,2-4,9-17,19-20H2,1H3,(H,29,32). The number of piperazine rings is 1. The van der Waals surface area contributed by atoms with Crippen LogP contribution in [0.25, 0.3) is 0 Å². The summed E-state index contributed by atoms with van der Waals surface area (Å²) >= 11 is 0. The highest BCUT2D eigenvalue weighted by molar-refractivity contribution is 5.85. The Balaban J connectivity index is 1.19. The zero-order chi connectivity index (χ0) is 23.3. The van der Waals surface area contributed by atoms with Gasteiger partial charge in [0.05, 0.1) is 6.54 Å². The van der Waals surface area contributed by atoms with E-state index in [1.54, 1.807) is 6.07 Å². The summed E-state index contributed by atoms with van der Waals surface area (Å²) in [6.45, 7) is 6.03. The maximum atomic E-state index is 12.8. The van der Waals surface area contributed by atoms with Crippen LogP contribution in [-0.4, -0.2) is 54.3 Å². The smallest absolute Gasteiger partial charge is 0.242 e. The Hall–Kier alpha value is -2.57. The fourth-order valence-electron chi connectivity index (χ4n) is 6.34. The summed E-state index contributed by atoms with van der Waals surface area (Å²) in [7, 11) is 0. The molecule has 0 aromatic heterocycles. The Kier molecular flexibility index (Phi) is 7.56. The molecule has 2 bridgehead atoms. The SMILES string of the molecule is CCC1CC2CCCC(CC(=O)NCC(=O)N3CCN(Cc4c#cc(C#N)cc4)CC3)(C1)C2. The van der Waals surface area contributed by atoms with Gasteiger partial charge in [0.2, 0.25) is 11.8 Å². The summed E-state index contributed by atoms with van der Waals surface area (Å²) in [4.78, 5) is 29.6. The molecule has 4 rings (SSSR count). The molecule has 0 radical (unpaired) electrons. The lowest BCUT2D eigenvalue weighted by atomic mass is 9.57. The van der Waals surface area contributed by atoms with Crippen LogP contribution in [0.5, 0.6) is 0 Å². The summed E-state index contributed by atoms with van der Waals surface area (Å²) in [5.74, 6) is 1.61. The highest BCUT2D eigenvalue weighted by atomic mass is 16.2. The molecule has 6 heteroatoms. The first-order valence-corrected chi connectivity index (χ1v) is 12.6. The number of nitrogens with zero attached hydrogens (tertiary/aromatic N) is 3. The van der Waals surface area contributed by atoms with Crippen LogP contribution in [0, 0.1) is 40.7 Å². The number of carbonyl (C=O) groups excluding carboxylic acids is 2. The van der Waals surface area contributed by atoms with Crippen molar-refractivity contribution in [2.75, 3.05) is 32.7 Å². The van der Waals surface area contributed by atoms with Gasteiger partial charge in [0.15, 0.2) is 0 Å². The summed E-state index contributed by atoms with van der Waals surface area (Å²) < 4.78 is 0. The van der Waals surface area contributed by atoms with E-state index in [9.17, 15) is 9.59 Å². The Morgan fingerprint density at radius 3 is 2.73 bits per heavy atom. The summed E-state index contributed by atoms with van der Waals surface area (Å²) in [5, 5.41) is 11.8. The van der Waals surface area contributed by atoms with E-state index in [0.29, 0.717) is 25.1 Å².